The van der Waals surface area contributed by atoms with Gasteiger partial charge in [0.2, 0.25) is 0 Å². The smallest absolute Gasteiger partial charge is 0.382 e. The van der Waals surface area contributed by atoms with E-state index in [0.717, 1.165) is 11.1 Å². The van der Waals surface area contributed by atoms with Crippen molar-refractivity contribution in [3.63, 3.8) is 0 Å². The zero-order chi connectivity index (χ0) is 28.7. The predicted octanol–water partition coefficient (Wildman–Crippen LogP) is 3.53. The number of imidazole rings is 1. The van der Waals surface area contributed by atoms with E-state index in [1.54, 1.807) is 6.33 Å². The number of hydrogen-bond acceptors (Lipinski definition) is 10. The van der Waals surface area contributed by atoms with E-state index in [4.69, 9.17) is 25.1 Å². The first-order chi connectivity index (χ1) is 19.9. The zero-order valence-electron chi connectivity index (χ0n) is 22.3. The van der Waals surface area contributed by atoms with Gasteiger partial charge in [-0.2, -0.15) is 5.48 Å². The van der Waals surface area contributed by atoms with E-state index in [9.17, 15) is 9.36 Å². The molecule has 4 aromatic rings. The quantitative estimate of drug-likeness (QED) is 0.0919. The second-order valence-corrected chi connectivity index (χ2v) is 11.2. The van der Waals surface area contributed by atoms with Gasteiger partial charge in [-0.05, 0) is 24.0 Å². The van der Waals surface area contributed by atoms with Crippen LogP contribution in [0.2, 0.25) is 0 Å². The van der Waals surface area contributed by atoms with Crippen LogP contribution in [0.3, 0.4) is 0 Å². The highest BCUT2D eigenvalue weighted by Gasteiger charge is 2.32. The monoisotopic (exact) mass is 577 g/mol. The van der Waals surface area contributed by atoms with Gasteiger partial charge in [0, 0.05) is 12.3 Å². The van der Waals surface area contributed by atoms with Crippen molar-refractivity contribution in [1.82, 2.24) is 25.0 Å². The molecule has 2 heterocycles. The van der Waals surface area contributed by atoms with Gasteiger partial charge in [0.1, 0.15) is 17.9 Å². The van der Waals surface area contributed by atoms with E-state index in [-0.39, 0.29) is 25.0 Å². The van der Waals surface area contributed by atoms with Gasteiger partial charge < -0.3 is 19.7 Å². The number of hydroxylamine groups is 1. The van der Waals surface area contributed by atoms with Crippen LogP contribution in [-0.4, -0.2) is 44.7 Å². The predicted molar refractivity (Wildman–Crippen MR) is 153 cm³/mol. The Kier molecular flexibility index (Phi) is 9.17. The second kappa shape index (κ2) is 13.2. The van der Waals surface area contributed by atoms with Gasteiger partial charge in [-0.3, -0.25) is 4.52 Å². The van der Waals surface area contributed by atoms with Gasteiger partial charge in [-0.1, -0.05) is 72.8 Å². The molecule has 0 saturated carbocycles. The van der Waals surface area contributed by atoms with Crippen molar-refractivity contribution in [2.75, 3.05) is 18.9 Å². The lowest BCUT2D eigenvalue weighted by Gasteiger charge is -2.21. The summed E-state index contributed by atoms with van der Waals surface area (Å²) in [4.78, 5) is 31.2. The Morgan fingerprint density at radius 2 is 1.78 bits per heavy atom. The van der Waals surface area contributed by atoms with Crippen LogP contribution in [0.25, 0.3) is 11.2 Å². The van der Waals surface area contributed by atoms with Crippen LogP contribution in [0, 0.1) is 5.92 Å². The van der Waals surface area contributed by atoms with Crippen molar-refractivity contribution >= 4 is 30.7 Å². The molecular weight excluding hydrogens is 545 g/mol. The lowest BCUT2D eigenvalue weighted by Crippen LogP contribution is -2.40. The molecule has 5 rings (SSSR count). The van der Waals surface area contributed by atoms with Crippen LogP contribution in [0.15, 0.2) is 85.5 Å². The fourth-order valence-corrected chi connectivity index (χ4v) is 5.44. The van der Waals surface area contributed by atoms with Crippen LogP contribution in [0.1, 0.15) is 23.6 Å². The summed E-state index contributed by atoms with van der Waals surface area (Å²) < 4.78 is 25.5. The average molecular weight is 578 g/mol. The summed E-state index contributed by atoms with van der Waals surface area (Å²) >= 11 is 0. The van der Waals surface area contributed by atoms with E-state index < -0.39 is 19.8 Å². The number of nitrogens with one attached hydrogen (secondary N) is 1. The first-order valence-electron chi connectivity index (χ1n) is 13.2. The number of nitrogens with two attached hydrogens (primary N) is 2. The van der Waals surface area contributed by atoms with Crippen molar-refractivity contribution in [2.24, 2.45) is 11.4 Å². The third kappa shape index (κ3) is 7.63. The summed E-state index contributed by atoms with van der Waals surface area (Å²) in [7, 11) is -4.21. The standard InChI is InChI=1S/C28H32N7O5P/c29-26-25-27(32-18-31-26)35(19-33-25)23-12-11-22(15-23)17-39-41(30,37)40-28(36)24(16-21-9-5-2-6-10-21)34-38-14-13-20-7-3-1-4-8-20/h1-12,18-19,22-24,34H,13-17H2,(H2,30,37)(H2,29,31,32)/t22-,23+,24-,41?/m0/s1. The molecular formula is C28H32N7O5P. The molecule has 13 heteroatoms. The summed E-state index contributed by atoms with van der Waals surface area (Å²) in [5.41, 5.74) is 17.6. The first kappa shape index (κ1) is 28.6. The molecule has 0 bridgehead atoms. The SMILES string of the molecule is Nc1ncnc2c1ncn2[C@@H]1C=C[C@H](COP(N)(=O)OC(=O)[C@H](Cc2ccccc2)NOCCc2ccccc2)C1. The molecule has 0 aliphatic heterocycles. The highest BCUT2D eigenvalue weighted by Crippen LogP contribution is 2.42. The molecule has 4 atom stereocenters. The molecule has 0 fully saturated rings. The summed E-state index contributed by atoms with van der Waals surface area (Å²) in [5.74, 6) is -0.642. The molecule has 0 spiro atoms. The van der Waals surface area contributed by atoms with Crippen molar-refractivity contribution in [1.29, 1.82) is 0 Å². The van der Waals surface area contributed by atoms with Gasteiger partial charge in [0.05, 0.1) is 25.6 Å². The number of carbonyl (C=O) groups excluding carboxylic acids is 1. The van der Waals surface area contributed by atoms with Crippen LogP contribution in [0.4, 0.5) is 5.82 Å². The summed E-state index contributed by atoms with van der Waals surface area (Å²) in [5, 5.41) is 0. The first-order valence-corrected chi connectivity index (χ1v) is 14.8. The molecule has 12 nitrogen and oxygen atoms in total. The molecule has 1 unspecified atom stereocenters. The molecule has 0 radical (unpaired) electrons. The number of nitrogens with zero attached hydrogens (tertiary/aromatic N) is 4. The van der Waals surface area contributed by atoms with E-state index in [0.29, 0.717) is 36.4 Å². The third-order valence-electron chi connectivity index (χ3n) is 6.71. The van der Waals surface area contributed by atoms with E-state index in [1.165, 1.54) is 6.33 Å². The van der Waals surface area contributed by atoms with Gasteiger partial charge in [-0.15, -0.1) is 0 Å². The molecule has 1 aliphatic carbocycles. The van der Waals surface area contributed by atoms with Gasteiger partial charge >= 0.3 is 13.7 Å². The molecule has 0 saturated heterocycles. The fraction of sp³-hybridized carbons (Fsp3) is 0.286. The molecule has 2 aromatic heterocycles. The van der Waals surface area contributed by atoms with Crippen molar-refractivity contribution < 1.29 is 23.2 Å². The number of allylic oxidation sites excluding steroid dienone is 1. The molecule has 214 valence electrons. The number of carbonyl (C=O) groups is 1. The number of nitrogen functional groups attached to an aromatic ring is 1. The second-order valence-electron chi connectivity index (χ2n) is 9.72. The largest absolute Gasteiger partial charge is 0.458 e. The minimum atomic E-state index is -4.21. The molecule has 2 aromatic carbocycles. The number of anilines is 1. The van der Waals surface area contributed by atoms with Gasteiger partial charge in [-0.25, -0.2) is 29.8 Å². The van der Waals surface area contributed by atoms with Crippen molar-refractivity contribution in [3.8, 4) is 0 Å². The highest BCUT2D eigenvalue weighted by atomic mass is 31.2. The number of rotatable bonds is 13. The maximum Gasteiger partial charge on any atom is 0.458 e. The summed E-state index contributed by atoms with van der Waals surface area (Å²) in [6, 6.07) is 18.2. The average Bonchev–Trinajstić information content (AvgIpc) is 3.62. The third-order valence-corrected chi connectivity index (χ3v) is 7.65. The molecule has 1 aliphatic rings. The Balaban J connectivity index is 1.14. The maximum atomic E-state index is 13.0. The van der Waals surface area contributed by atoms with E-state index >= 15 is 0 Å². The Morgan fingerprint density at radius 3 is 2.54 bits per heavy atom. The maximum absolute atomic E-state index is 13.0. The highest BCUT2D eigenvalue weighted by molar-refractivity contribution is 7.51. The summed E-state index contributed by atoms with van der Waals surface area (Å²) in [6.07, 6.45) is 8.47. The normalized spacial score (nSPS) is 18.8. The minimum absolute atomic E-state index is 0.00215. The Morgan fingerprint density at radius 1 is 1.05 bits per heavy atom. The Labute approximate surface area is 237 Å². The van der Waals surface area contributed by atoms with Crippen LogP contribution < -0.4 is 16.7 Å². The number of benzene rings is 2. The fourth-order valence-electron chi connectivity index (χ4n) is 4.61. The minimum Gasteiger partial charge on any atom is -0.382 e. The van der Waals surface area contributed by atoms with Crippen LogP contribution in [0.5, 0.6) is 0 Å². The van der Waals surface area contributed by atoms with Crippen molar-refractivity contribution in [2.45, 2.75) is 31.3 Å². The summed E-state index contributed by atoms with van der Waals surface area (Å²) in [6.45, 7) is 0.321. The lowest BCUT2D eigenvalue weighted by molar-refractivity contribution is -0.142. The zero-order valence-corrected chi connectivity index (χ0v) is 23.2. The van der Waals surface area contributed by atoms with Crippen molar-refractivity contribution in [3.05, 3.63) is 96.6 Å². The Hall–Kier alpha value is -3.93. The number of aromatic nitrogens is 4. The lowest BCUT2D eigenvalue weighted by atomic mass is 10.1. The van der Waals surface area contributed by atoms with E-state index in [1.807, 2.05) is 77.4 Å². The van der Waals surface area contributed by atoms with Gasteiger partial charge in [0.15, 0.2) is 11.5 Å². The number of fused-ring (bicyclic) bond motifs is 1. The topological polar surface area (TPSA) is 169 Å². The molecule has 5 N–H and O–H groups in total. The van der Waals surface area contributed by atoms with Gasteiger partial charge in [0.25, 0.3) is 0 Å². The molecule has 41 heavy (non-hydrogen) atoms. The van der Waals surface area contributed by atoms with Crippen LogP contribution in [-0.2, 0) is 36.1 Å². The van der Waals surface area contributed by atoms with Crippen LogP contribution >= 0.6 is 7.75 Å². The Bertz CT molecular complexity index is 1530. The molecule has 0 amide bonds. The number of hydrogen-bond donors (Lipinski definition) is 3. The van der Waals surface area contributed by atoms with E-state index in [2.05, 4.69) is 20.4 Å².